The molecule has 0 atom stereocenters. The maximum Gasteiger partial charge on any atom is 0.388 e. The Bertz CT molecular complexity index is 1370. The fourth-order valence-electron chi connectivity index (χ4n) is 4.02. The number of hydrogen-bond donors (Lipinski definition) is 2. The lowest BCUT2D eigenvalue weighted by atomic mass is 9.93. The van der Waals surface area contributed by atoms with Crippen LogP contribution in [0.15, 0.2) is 47.8 Å². The first kappa shape index (κ1) is 23.0. The number of nitrogens with one attached hydrogen (secondary N) is 2. The van der Waals surface area contributed by atoms with E-state index in [-0.39, 0.29) is 16.9 Å². The van der Waals surface area contributed by atoms with E-state index < -0.39 is 22.7 Å². The van der Waals surface area contributed by atoms with Crippen molar-refractivity contribution in [2.75, 3.05) is 11.9 Å². The topological polar surface area (TPSA) is 124 Å². The summed E-state index contributed by atoms with van der Waals surface area (Å²) in [6.07, 6.45) is 6.26. The molecule has 0 unspecified atom stereocenters. The predicted octanol–water partition coefficient (Wildman–Crippen LogP) is 3.72. The summed E-state index contributed by atoms with van der Waals surface area (Å²) in [6, 6.07) is 6.70. The number of rotatable bonds is 7. The highest BCUT2D eigenvalue weighted by molar-refractivity contribution is 7.90. The number of fused-ring (bicyclic) bond motifs is 1. The molecular weight excluding hydrogens is 484 g/mol. The van der Waals surface area contributed by atoms with Crippen molar-refractivity contribution in [1.82, 2.24) is 19.5 Å². The van der Waals surface area contributed by atoms with Gasteiger partial charge in [-0.15, -0.1) is 0 Å². The number of carbonyl (C=O) groups excluding carboxylic acids is 1. The highest BCUT2D eigenvalue weighted by atomic mass is 32.2. The van der Waals surface area contributed by atoms with Crippen LogP contribution >= 0.6 is 0 Å². The first-order valence-corrected chi connectivity index (χ1v) is 12.4. The summed E-state index contributed by atoms with van der Waals surface area (Å²) in [7, 11) is -4.23. The van der Waals surface area contributed by atoms with Crippen molar-refractivity contribution in [2.24, 2.45) is 0 Å². The molecule has 0 spiro atoms. The number of halogens is 2. The molecule has 35 heavy (non-hydrogen) atoms. The van der Waals surface area contributed by atoms with Gasteiger partial charge in [-0.1, -0.05) is 0 Å². The van der Waals surface area contributed by atoms with Gasteiger partial charge < -0.3 is 14.8 Å². The zero-order valence-electron chi connectivity index (χ0n) is 18.3. The SMILES string of the molecule is O=C(Nc1c(-c2ccnc(OC(F)F)c2)ccc2c1CCO2)NS(=O)(=O)c1ccn(C2CCC2)n1. The molecule has 2 aromatic heterocycles. The van der Waals surface area contributed by atoms with Crippen molar-refractivity contribution < 1.29 is 31.5 Å². The maximum absolute atomic E-state index is 12.8. The van der Waals surface area contributed by atoms with Crippen molar-refractivity contribution in [3.8, 4) is 22.8 Å². The van der Waals surface area contributed by atoms with Crippen LogP contribution in [0.4, 0.5) is 19.3 Å². The minimum atomic E-state index is -4.23. The van der Waals surface area contributed by atoms with Gasteiger partial charge in [-0.3, -0.25) is 4.68 Å². The molecule has 0 saturated heterocycles. The molecule has 5 rings (SSSR count). The van der Waals surface area contributed by atoms with Crippen LogP contribution in [0.1, 0.15) is 30.9 Å². The van der Waals surface area contributed by atoms with E-state index in [4.69, 9.17) is 4.74 Å². The van der Waals surface area contributed by atoms with E-state index in [0.717, 1.165) is 19.3 Å². The number of ether oxygens (including phenoxy) is 2. The number of carbonyl (C=O) groups is 1. The quantitative estimate of drug-likeness (QED) is 0.502. The summed E-state index contributed by atoms with van der Waals surface area (Å²) < 4.78 is 64.3. The molecule has 10 nitrogen and oxygen atoms in total. The monoisotopic (exact) mass is 505 g/mol. The van der Waals surface area contributed by atoms with Crippen molar-refractivity contribution in [2.45, 2.75) is 43.4 Å². The van der Waals surface area contributed by atoms with Crippen LogP contribution in [0.2, 0.25) is 0 Å². The Morgan fingerprint density at radius 1 is 1.23 bits per heavy atom. The van der Waals surface area contributed by atoms with Crippen molar-refractivity contribution >= 4 is 21.7 Å². The van der Waals surface area contributed by atoms with E-state index >= 15 is 0 Å². The number of urea groups is 1. The first-order valence-electron chi connectivity index (χ1n) is 10.9. The number of amides is 2. The molecule has 2 N–H and O–H groups in total. The molecule has 13 heteroatoms. The number of sulfonamides is 1. The van der Waals surface area contributed by atoms with Crippen LogP contribution in [0.5, 0.6) is 11.6 Å². The molecule has 0 bridgehead atoms. The molecule has 3 heterocycles. The zero-order chi connectivity index (χ0) is 24.6. The molecule has 1 saturated carbocycles. The van der Waals surface area contributed by atoms with Crippen molar-refractivity contribution in [3.05, 3.63) is 48.3 Å². The molecule has 184 valence electrons. The van der Waals surface area contributed by atoms with Crippen molar-refractivity contribution in [1.29, 1.82) is 0 Å². The zero-order valence-corrected chi connectivity index (χ0v) is 19.1. The summed E-state index contributed by atoms with van der Waals surface area (Å²) >= 11 is 0. The summed E-state index contributed by atoms with van der Waals surface area (Å²) in [5.74, 6) is 0.235. The van der Waals surface area contributed by atoms with Gasteiger partial charge in [0.15, 0.2) is 5.03 Å². The normalized spacial score (nSPS) is 15.3. The molecular formula is C22H21F2N5O5S. The van der Waals surface area contributed by atoms with E-state index in [1.54, 1.807) is 29.1 Å². The second-order valence-electron chi connectivity index (χ2n) is 8.10. The number of anilines is 1. The van der Waals surface area contributed by atoms with E-state index in [1.165, 1.54) is 18.3 Å². The third-order valence-corrected chi connectivity index (χ3v) is 7.13. The van der Waals surface area contributed by atoms with Gasteiger partial charge in [0.1, 0.15) is 5.75 Å². The van der Waals surface area contributed by atoms with Gasteiger partial charge in [-0.2, -0.15) is 22.3 Å². The van der Waals surface area contributed by atoms with Crippen LogP contribution in [0.25, 0.3) is 11.1 Å². The largest absolute Gasteiger partial charge is 0.493 e. The molecule has 1 fully saturated rings. The summed E-state index contributed by atoms with van der Waals surface area (Å²) in [4.78, 5) is 16.6. The van der Waals surface area contributed by atoms with E-state index in [2.05, 4.69) is 20.1 Å². The number of aromatic nitrogens is 3. The first-order chi connectivity index (χ1) is 16.8. The van der Waals surface area contributed by atoms with Crippen LogP contribution in [0.3, 0.4) is 0 Å². The van der Waals surface area contributed by atoms with Gasteiger partial charge in [0.2, 0.25) is 5.88 Å². The Hall–Kier alpha value is -3.74. The Morgan fingerprint density at radius 2 is 2.06 bits per heavy atom. The lowest BCUT2D eigenvalue weighted by molar-refractivity contribution is -0.0528. The van der Waals surface area contributed by atoms with E-state index in [1.807, 2.05) is 4.72 Å². The van der Waals surface area contributed by atoms with Gasteiger partial charge in [0.05, 0.1) is 18.3 Å². The van der Waals surface area contributed by atoms with Crippen molar-refractivity contribution in [3.63, 3.8) is 0 Å². The molecule has 1 aromatic carbocycles. The lowest BCUT2D eigenvalue weighted by Gasteiger charge is -2.25. The predicted molar refractivity (Wildman–Crippen MR) is 120 cm³/mol. The number of hydrogen-bond acceptors (Lipinski definition) is 7. The second kappa shape index (κ2) is 9.13. The number of pyridine rings is 1. The van der Waals surface area contributed by atoms with Gasteiger partial charge >= 0.3 is 12.6 Å². The van der Waals surface area contributed by atoms with Gasteiger partial charge in [0.25, 0.3) is 10.0 Å². The molecule has 2 aliphatic rings. The van der Waals surface area contributed by atoms with Crippen LogP contribution in [-0.2, 0) is 16.4 Å². The summed E-state index contributed by atoms with van der Waals surface area (Å²) in [5.41, 5.74) is 1.83. The van der Waals surface area contributed by atoms with Crippen LogP contribution in [-0.4, -0.2) is 42.4 Å². The lowest BCUT2D eigenvalue weighted by Crippen LogP contribution is -2.35. The van der Waals surface area contributed by atoms with E-state index in [0.29, 0.717) is 41.2 Å². The standard InChI is InChI=1S/C22H21F2N5O5S/c23-21(24)34-18-12-13(6-9-25-18)15-4-5-17-16(8-11-33-17)20(15)26-22(30)28-35(31,32)19-7-10-29(27-19)14-2-1-3-14/h4-7,9-10,12,14,21H,1-3,8,11H2,(H2,26,28,30). The maximum atomic E-state index is 12.8. The minimum absolute atomic E-state index is 0.168. The Labute approximate surface area is 199 Å². The highest BCUT2D eigenvalue weighted by Crippen LogP contribution is 2.40. The number of alkyl halides is 2. The van der Waals surface area contributed by atoms with Gasteiger partial charge in [-0.05, 0) is 49.1 Å². The molecule has 1 aliphatic carbocycles. The van der Waals surface area contributed by atoms with E-state index in [9.17, 15) is 22.0 Å². The summed E-state index contributed by atoms with van der Waals surface area (Å²) in [5, 5.41) is 6.44. The average molecular weight is 506 g/mol. The minimum Gasteiger partial charge on any atom is -0.493 e. The molecule has 1 aliphatic heterocycles. The Kier molecular flexibility index (Phi) is 6.01. The van der Waals surface area contributed by atoms with Crippen LogP contribution in [0, 0.1) is 0 Å². The molecule has 3 aromatic rings. The molecule has 2 amide bonds. The van der Waals surface area contributed by atoms with Crippen LogP contribution < -0.4 is 19.5 Å². The Morgan fingerprint density at radius 3 is 2.80 bits per heavy atom. The smallest absolute Gasteiger partial charge is 0.388 e. The second-order valence-corrected chi connectivity index (χ2v) is 9.73. The molecule has 0 radical (unpaired) electrons. The Balaban J connectivity index is 1.41. The summed E-state index contributed by atoms with van der Waals surface area (Å²) in [6.45, 7) is -2.67. The number of nitrogens with zero attached hydrogens (tertiary/aromatic N) is 3. The highest BCUT2D eigenvalue weighted by Gasteiger charge is 2.27. The fourth-order valence-corrected chi connectivity index (χ4v) is 4.86. The fraction of sp³-hybridized carbons (Fsp3) is 0.318. The number of benzene rings is 1. The third-order valence-electron chi connectivity index (χ3n) is 5.91. The van der Waals surface area contributed by atoms with Gasteiger partial charge in [-0.25, -0.2) is 14.5 Å². The third kappa shape index (κ3) is 4.76. The average Bonchev–Trinajstić information content (AvgIpc) is 3.42. The van der Waals surface area contributed by atoms with Gasteiger partial charge in [0, 0.05) is 36.0 Å².